The fraction of sp³-hybridized carbons (Fsp3) is 0.231. The van der Waals surface area contributed by atoms with Gasteiger partial charge in [-0.25, -0.2) is 8.42 Å². The molecule has 7 heteroatoms. The van der Waals surface area contributed by atoms with Crippen molar-refractivity contribution in [2.75, 3.05) is 11.9 Å². The summed E-state index contributed by atoms with van der Waals surface area (Å²) in [5.74, 6) is 0.587. The Morgan fingerprint density at radius 2 is 1.75 bits per heavy atom. The Morgan fingerprint density at radius 3 is 2.35 bits per heavy atom. The molecular weight excluding hydrogens is 355 g/mol. The molecular formula is C13H12BrNaO4S. The summed E-state index contributed by atoms with van der Waals surface area (Å²) in [5.41, 5.74) is 0. The maximum Gasteiger partial charge on any atom is 1.00 e. The normalized spacial score (nSPS) is 11.1. The van der Waals surface area contributed by atoms with Crippen LogP contribution < -0.4 is 34.3 Å². The maximum absolute atomic E-state index is 11.2. The van der Waals surface area contributed by atoms with Gasteiger partial charge in [-0.15, -0.1) is 0 Å². The zero-order chi connectivity index (χ0) is 13.9. The van der Waals surface area contributed by atoms with Gasteiger partial charge in [0.05, 0.1) is 11.5 Å². The van der Waals surface area contributed by atoms with Gasteiger partial charge in [-0.1, -0.05) is 40.2 Å². The van der Waals surface area contributed by atoms with E-state index in [9.17, 15) is 13.0 Å². The van der Waals surface area contributed by atoms with Crippen LogP contribution in [0.4, 0.5) is 0 Å². The van der Waals surface area contributed by atoms with Crippen LogP contribution in [0, 0.1) is 0 Å². The van der Waals surface area contributed by atoms with Crippen molar-refractivity contribution in [2.45, 2.75) is 11.3 Å². The third-order valence-corrected chi connectivity index (χ3v) is 4.10. The molecule has 0 heterocycles. The molecule has 2 aromatic rings. The Morgan fingerprint density at radius 1 is 1.10 bits per heavy atom. The second kappa shape index (κ2) is 7.77. The molecule has 2 rings (SSSR count). The molecule has 0 fully saturated rings. The Bertz CT molecular complexity index is 688. The predicted molar refractivity (Wildman–Crippen MR) is 75.8 cm³/mol. The first kappa shape index (κ1) is 17.9. The molecule has 0 unspecified atom stereocenters. The quantitative estimate of drug-likeness (QED) is 0.321. The van der Waals surface area contributed by atoms with Gasteiger partial charge in [0.1, 0.15) is 15.9 Å². The average molecular weight is 367 g/mol. The van der Waals surface area contributed by atoms with Crippen molar-refractivity contribution in [3.05, 3.63) is 36.4 Å². The Kier molecular flexibility index (Phi) is 6.97. The van der Waals surface area contributed by atoms with E-state index >= 15 is 0 Å². The van der Waals surface area contributed by atoms with Crippen molar-refractivity contribution >= 4 is 36.8 Å². The standard InChI is InChI=1S/C13H13BrO4S.Na/c14-8-3-9-18-12-6-7-13(19(15,16)17)11-5-2-1-4-10(11)12;/h1-2,4-7H,3,8-9H2,(H,15,16,17);/q;+1/p-1. The Labute approximate surface area is 148 Å². The first-order valence-electron chi connectivity index (χ1n) is 5.70. The molecule has 0 spiro atoms. The molecule has 0 saturated heterocycles. The molecule has 0 bridgehead atoms. The largest absolute Gasteiger partial charge is 1.00 e. The number of alkyl halides is 1. The fourth-order valence-corrected chi connectivity index (χ4v) is 2.74. The summed E-state index contributed by atoms with van der Waals surface area (Å²) < 4.78 is 39.2. The first-order valence-corrected chi connectivity index (χ1v) is 8.23. The van der Waals surface area contributed by atoms with Gasteiger partial charge in [-0.05, 0) is 18.6 Å². The van der Waals surface area contributed by atoms with Crippen LogP contribution in [-0.4, -0.2) is 24.9 Å². The summed E-state index contributed by atoms with van der Waals surface area (Å²) in [6.45, 7) is 0.527. The topological polar surface area (TPSA) is 66.4 Å². The van der Waals surface area contributed by atoms with Gasteiger partial charge in [-0.2, -0.15) is 0 Å². The molecule has 0 atom stereocenters. The zero-order valence-corrected chi connectivity index (χ0v) is 15.4. The van der Waals surface area contributed by atoms with Gasteiger partial charge in [-0.3, -0.25) is 0 Å². The summed E-state index contributed by atoms with van der Waals surface area (Å²) in [4.78, 5) is -0.212. The molecule has 2 aromatic carbocycles. The molecule has 0 N–H and O–H groups in total. The maximum atomic E-state index is 11.2. The number of ether oxygens (including phenoxy) is 1. The van der Waals surface area contributed by atoms with Crippen molar-refractivity contribution in [2.24, 2.45) is 0 Å². The molecule has 0 aromatic heterocycles. The summed E-state index contributed by atoms with van der Waals surface area (Å²) in [6, 6.07) is 9.65. The van der Waals surface area contributed by atoms with Crippen LogP contribution in [0.25, 0.3) is 10.8 Å². The van der Waals surface area contributed by atoms with Gasteiger partial charge < -0.3 is 9.29 Å². The van der Waals surface area contributed by atoms with Crippen LogP contribution in [0.1, 0.15) is 6.42 Å². The molecule has 20 heavy (non-hydrogen) atoms. The van der Waals surface area contributed by atoms with E-state index in [4.69, 9.17) is 4.74 Å². The third kappa shape index (κ3) is 4.19. The minimum atomic E-state index is -4.48. The molecule has 0 aliphatic rings. The predicted octanol–water partition coefficient (Wildman–Crippen LogP) is -0.0883. The molecule has 4 nitrogen and oxygen atoms in total. The van der Waals surface area contributed by atoms with Crippen LogP contribution in [0.15, 0.2) is 41.3 Å². The zero-order valence-electron chi connectivity index (χ0n) is 11.0. The molecule has 102 valence electrons. The average Bonchev–Trinajstić information content (AvgIpc) is 2.37. The van der Waals surface area contributed by atoms with Gasteiger partial charge in [0.2, 0.25) is 0 Å². The van der Waals surface area contributed by atoms with Gasteiger partial charge in [0.25, 0.3) is 0 Å². The van der Waals surface area contributed by atoms with Crippen LogP contribution in [-0.2, 0) is 10.1 Å². The van der Waals surface area contributed by atoms with Crippen molar-refractivity contribution in [3.8, 4) is 5.75 Å². The molecule has 0 aliphatic carbocycles. The van der Waals surface area contributed by atoms with Crippen molar-refractivity contribution in [3.63, 3.8) is 0 Å². The monoisotopic (exact) mass is 366 g/mol. The van der Waals surface area contributed by atoms with E-state index in [1.165, 1.54) is 12.1 Å². The number of hydrogen-bond acceptors (Lipinski definition) is 4. The van der Waals surface area contributed by atoms with Crippen molar-refractivity contribution < 1.29 is 47.3 Å². The third-order valence-electron chi connectivity index (χ3n) is 2.65. The minimum Gasteiger partial charge on any atom is -0.744 e. The smallest absolute Gasteiger partial charge is 0.744 e. The number of fused-ring (bicyclic) bond motifs is 1. The van der Waals surface area contributed by atoms with Gasteiger partial charge in [0.15, 0.2) is 0 Å². The molecule has 0 amide bonds. The van der Waals surface area contributed by atoms with E-state index in [1.807, 2.05) is 0 Å². The van der Waals surface area contributed by atoms with Crippen LogP contribution in [0.2, 0.25) is 0 Å². The number of benzene rings is 2. The van der Waals surface area contributed by atoms with E-state index in [0.717, 1.165) is 11.8 Å². The van der Waals surface area contributed by atoms with E-state index < -0.39 is 10.1 Å². The number of hydrogen-bond donors (Lipinski definition) is 0. The van der Waals surface area contributed by atoms with Gasteiger partial charge >= 0.3 is 29.6 Å². The second-order valence-electron chi connectivity index (χ2n) is 3.95. The van der Waals surface area contributed by atoms with Crippen LogP contribution in [0.5, 0.6) is 5.75 Å². The van der Waals surface area contributed by atoms with E-state index in [1.54, 1.807) is 24.3 Å². The second-order valence-corrected chi connectivity index (χ2v) is 6.09. The van der Waals surface area contributed by atoms with E-state index in [0.29, 0.717) is 23.1 Å². The van der Waals surface area contributed by atoms with Crippen LogP contribution >= 0.6 is 15.9 Å². The summed E-state index contributed by atoms with van der Waals surface area (Å²) >= 11 is 3.31. The Hall–Kier alpha value is -0.110. The van der Waals surface area contributed by atoms with E-state index in [2.05, 4.69) is 15.9 Å². The van der Waals surface area contributed by atoms with Crippen molar-refractivity contribution in [1.29, 1.82) is 0 Å². The number of rotatable bonds is 5. The van der Waals surface area contributed by atoms with Crippen molar-refractivity contribution in [1.82, 2.24) is 0 Å². The molecule has 0 saturated carbocycles. The fourth-order valence-electron chi connectivity index (χ4n) is 1.82. The molecule has 0 radical (unpaired) electrons. The first-order chi connectivity index (χ1) is 9.04. The summed E-state index contributed by atoms with van der Waals surface area (Å²) in [5, 5.41) is 1.86. The van der Waals surface area contributed by atoms with Gasteiger partial charge in [0, 0.05) is 16.1 Å². The number of halogens is 1. The molecule has 0 aliphatic heterocycles. The SMILES string of the molecule is O=S(=O)([O-])c1ccc(OCCCBr)c2ccccc12.[Na+]. The minimum absolute atomic E-state index is 0. The van der Waals surface area contributed by atoms with Crippen LogP contribution in [0.3, 0.4) is 0 Å². The Balaban J connectivity index is 0.00000200. The van der Waals surface area contributed by atoms with E-state index in [-0.39, 0.29) is 34.5 Å². The summed E-state index contributed by atoms with van der Waals surface area (Å²) in [6.07, 6.45) is 0.843. The summed E-state index contributed by atoms with van der Waals surface area (Å²) in [7, 11) is -4.48.